The highest BCUT2D eigenvalue weighted by molar-refractivity contribution is 7.99. The molecule has 25 heavy (non-hydrogen) atoms. The van der Waals surface area contributed by atoms with Crippen LogP contribution in [-0.2, 0) is 6.42 Å². The Labute approximate surface area is 149 Å². The van der Waals surface area contributed by atoms with Crippen molar-refractivity contribution in [2.24, 2.45) is 0 Å². The number of tetrazole rings is 1. The number of hydrogen-bond acceptors (Lipinski definition) is 6. The quantitative estimate of drug-likeness (QED) is 0.388. The van der Waals surface area contributed by atoms with Crippen LogP contribution >= 0.6 is 11.8 Å². The lowest BCUT2D eigenvalue weighted by Crippen LogP contribution is -1.99. The lowest BCUT2D eigenvalue weighted by Gasteiger charge is -2.04. The summed E-state index contributed by atoms with van der Waals surface area (Å²) in [4.78, 5) is 4.50. The Morgan fingerprint density at radius 1 is 1.08 bits per heavy atom. The van der Waals surface area contributed by atoms with Crippen molar-refractivity contribution in [3.63, 3.8) is 0 Å². The van der Waals surface area contributed by atoms with E-state index in [1.807, 2.05) is 36.4 Å². The lowest BCUT2D eigenvalue weighted by molar-refractivity contribution is 0.526. The van der Waals surface area contributed by atoms with Gasteiger partial charge in [0.15, 0.2) is 11.5 Å². The van der Waals surface area contributed by atoms with Crippen molar-refractivity contribution in [2.75, 3.05) is 5.75 Å². The van der Waals surface area contributed by atoms with E-state index in [4.69, 9.17) is 4.42 Å². The van der Waals surface area contributed by atoms with Crippen molar-refractivity contribution in [1.82, 2.24) is 25.2 Å². The summed E-state index contributed by atoms with van der Waals surface area (Å²) in [6.45, 7) is 2.06. The molecular weight excluding hydrogens is 334 g/mol. The molecule has 0 saturated carbocycles. The summed E-state index contributed by atoms with van der Waals surface area (Å²) in [6, 6.07) is 16.0. The standard InChI is InChI=1S/C18H17N5OS/c1-13-8-10-14(11-9-13)23-18(20-21-22-23)25-12-4-7-17-19-15-5-2-3-6-16(15)24-17/h2-3,5-6,8-11H,4,7,12H2,1H3. The largest absolute Gasteiger partial charge is 0.441 e. The van der Waals surface area contributed by atoms with Gasteiger partial charge in [0.1, 0.15) is 5.52 Å². The van der Waals surface area contributed by atoms with Crippen LogP contribution in [0, 0.1) is 6.92 Å². The summed E-state index contributed by atoms with van der Waals surface area (Å²) in [5.41, 5.74) is 3.93. The third-order valence-corrected chi connectivity index (χ3v) is 4.83. The molecule has 0 aliphatic heterocycles. The first-order valence-corrected chi connectivity index (χ1v) is 9.11. The average molecular weight is 351 g/mol. The molecule has 126 valence electrons. The van der Waals surface area contributed by atoms with Crippen molar-refractivity contribution in [3.05, 3.63) is 60.0 Å². The number of benzene rings is 2. The van der Waals surface area contributed by atoms with Crippen LogP contribution in [-0.4, -0.2) is 30.9 Å². The van der Waals surface area contributed by atoms with Gasteiger partial charge in [-0.3, -0.25) is 0 Å². The fourth-order valence-electron chi connectivity index (χ4n) is 2.53. The molecular formula is C18H17N5OS. The van der Waals surface area contributed by atoms with Gasteiger partial charge < -0.3 is 4.42 Å². The van der Waals surface area contributed by atoms with Crippen LogP contribution in [0.1, 0.15) is 17.9 Å². The van der Waals surface area contributed by atoms with Crippen molar-refractivity contribution in [2.45, 2.75) is 24.9 Å². The minimum Gasteiger partial charge on any atom is -0.441 e. The monoisotopic (exact) mass is 351 g/mol. The fourth-order valence-corrected chi connectivity index (χ4v) is 3.36. The molecule has 4 aromatic rings. The van der Waals surface area contributed by atoms with Gasteiger partial charge >= 0.3 is 0 Å². The van der Waals surface area contributed by atoms with Gasteiger partial charge in [-0.1, -0.05) is 41.6 Å². The minimum atomic E-state index is 0.778. The summed E-state index contributed by atoms with van der Waals surface area (Å²) in [5, 5.41) is 12.8. The first kappa shape index (κ1) is 15.8. The van der Waals surface area contributed by atoms with E-state index in [1.165, 1.54) is 5.56 Å². The average Bonchev–Trinajstić information content (AvgIpc) is 3.25. The minimum absolute atomic E-state index is 0.778. The van der Waals surface area contributed by atoms with E-state index in [2.05, 4.69) is 39.6 Å². The van der Waals surface area contributed by atoms with Crippen molar-refractivity contribution >= 4 is 22.9 Å². The van der Waals surface area contributed by atoms with Crippen molar-refractivity contribution in [1.29, 1.82) is 0 Å². The Morgan fingerprint density at radius 3 is 2.76 bits per heavy atom. The summed E-state index contributed by atoms with van der Waals surface area (Å²) in [5.74, 6) is 1.67. The van der Waals surface area contributed by atoms with Gasteiger partial charge in [0.25, 0.3) is 0 Å². The van der Waals surface area contributed by atoms with Crippen LogP contribution in [0.4, 0.5) is 0 Å². The third kappa shape index (κ3) is 3.56. The highest BCUT2D eigenvalue weighted by Crippen LogP contribution is 2.21. The molecule has 7 heteroatoms. The van der Waals surface area contributed by atoms with Gasteiger partial charge in [0.2, 0.25) is 5.16 Å². The highest BCUT2D eigenvalue weighted by atomic mass is 32.2. The Balaban J connectivity index is 1.36. The molecule has 4 rings (SSSR count). The predicted octanol–water partition coefficient (Wildman–Crippen LogP) is 3.84. The first-order chi connectivity index (χ1) is 12.3. The molecule has 0 fully saturated rings. The Hall–Kier alpha value is -2.67. The van der Waals surface area contributed by atoms with Gasteiger partial charge in [-0.2, -0.15) is 4.68 Å². The second kappa shape index (κ2) is 7.06. The number of fused-ring (bicyclic) bond motifs is 1. The van der Waals surface area contributed by atoms with Crippen molar-refractivity contribution in [3.8, 4) is 5.69 Å². The molecule has 2 aromatic heterocycles. The number of aryl methyl sites for hydroxylation is 2. The second-order valence-electron chi connectivity index (χ2n) is 5.74. The van der Waals surface area contributed by atoms with Crippen LogP contribution in [0.15, 0.2) is 58.1 Å². The van der Waals surface area contributed by atoms with Crippen LogP contribution in [0.25, 0.3) is 16.8 Å². The topological polar surface area (TPSA) is 69.6 Å². The van der Waals surface area contributed by atoms with Crippen LogP contribution in [0.2, 0.25) is 0 Å². The van der Waals surface area contributed by atoms with E-state index in [9.17, 15) is 0 Å². The van der Waals surface area contributed by atoms with Gasteiger partial charge in [-0.25, -0.2) is 4.98 Å². The van der Waals surface area contributed by atoms with E-state index in [-0.39, 0.29) is 0 Å². The number of hydrogen-bond donors (Lipinski definition) is 0. The Kier molecular flexibility index (Phi) is 4.47. The van der Waals surface area contributed by atoms with Gasteiger partial charge in [-0.05, 0) is 48.0 Å². The van der Waals surface area contributed by atoms with Crippen LogP contribution < -0.4 is 0 Å². The van der Waals surface area contributed by atoms with E-state index < -0.39 is 0 Å². The predicted molar refractivity (Wildman–Crippen MR) is 96.9 cm³/mol. The van der Waals surface area contributed by atoms with Gasteiger partial charge in [0.05, 0.1) is 5.69 Å². The molecule has 2 aromatic carbocycles. The molecule has 0 amide bonds. The van der Waals surface area contributed by atoms with Crippen molar-refractivity contribution < 1.29 is 4.42 Å². The third-order valence-electron chi connectivity index (χ3n) is 3.82. The molecule has 0 bridgehead atoms. The fraction of sp³-hybridized carbons (Fsp3) is 0.222. The highest BCUT2D eigenvalue weighted by Gasteiger charge is 2.10. The number of para-hydroxylation sites is 2. The number of oxazole rings is 1. The second-order valence-corrected chi connectivity index (χ2v) is 6.80. The zero-order valence-electron chi connectivity index (χ0n) is 13.8. The number of rotatable bonds is 6. The number of nitrogens with zero attached hydrogens (tertiary/aromatic N) is 5. The number of thioether (sulfide) groups is 1. The zero-order valence-corrected chi connectivity index (χ0v) is 14.6. The molecule has 0 saturated heterocycles. The molecule has 0 N–H and O–H groups in total. The molecule has 6 nitrogen and oxygen atoms in total. The molecule has 0 unspecified atom stereocenters. The van der Waals surface area contributed by atoms with Gasteiger partial charge in [0, 0.05) is 12.2 Å². The van der Waals surface area contributed by atoms with Crippen LogP contribution in [0.3, 0.4) is 0 Å². The maximum atomic E-state index is 5.74. The smallest absolute Gasteiger partial charge is 0.214 e. The Morgan fingerprint density at radius 2 is 1.92 bits per heavy atom. The lowest BCUT2D eigenvalue weighted by atomic mass is 10.2. The molecule has 0 aliphatic carbocycles. The normalized spacial score (nSPS) is 11.2. The molecule has 0 atom stereocenters. The number of aromatic nitrogens is 5. The summed E-state index contributed by atoms with van der Waals surface area (Å²) >= 11 is 1.64. The van der Waals surface area contributed by atoms with E-state index in [1.54, 1.807) is 16.4 Å². The SMILES string of the molecule is Cc1ccc(-n2nnnc2SCCCc2nc3ccccc3o2)cc1. The summed E-state index contributed by atoms with van der Waals surface area (Å²) < 4.78 is 7.51. The Bertz CT molecular complexity index is 943. The van der Waals surface area contributed by atoms with Crippen LogP contribution in [0.5, 0.6) is 0 Å². The van der Waals surface area contributed by atoms with E-state index in [0.29, 0.717) is 0 Å². The summed E-state index contributed by atoms with van der Waals surface area (Å²) in [7, 11) is 0. The maximum absolute atomic E-state index is 5.74. The molecule has 0 spiro atoms. The zero-order chi connectivity index (χ0) is 17.1. The molecule has 2 heterocycles. The molecule has 0 aliphatic rings. The summed E-state index contributed by atoms with van der Waals surface area (Å²) in [6.07, 6.45) is 1.74. The van der Waals surface area contributed by atoms with E-state index >= 15 is 0 Å². The molecule has 0 radical (unpaired) electrons. The first-order valence-electron chi connectivity index (χ1n) is 8.12. The maximum Gasteiger partial charge on any atom is 0.214 e. The van der Waals surface area contributed by atoms with E-state index in [0.717, 1.165) is 46.4 Å². The van der Waals surface area contributed by atoms with Gasteiger partial charge in [-0.15, -0.1) is 5.10 Å².